The molecule has 150 valence electrons. The molecule has 0 bridgehead atoms. The predicted octanol–water partition coefficient (Wildman–Crippen LogP) is 4.29. The lowest BCUT2D eigenvalue weighted by molar-refractivity contribution is -0.119. The highest BCUT2D eigenvalue weighted by Crippen LogP contribution is 2.28. The standard InChI is InChI=1S/C22H27NO5/c1-5-6-11-27-19-10-9-17(13-20(19)26-4)22(25)28-14-21(24)23-18-12-15(2)7-8-16(18)3/h7-10,12-13H,5-6,11,14H2,1-4H3,(H,23,24). The maximum atomic E-state index is 12.3. The van der Waals surface area contributed by atoms with Crippen LogP contribution in [0.3, 0.4) is 0 Å². The largest absolute Gasteiger partial charge is 0.493 e. The van der Waals surface area contributed by atoms with E-state index in [1.54, 1.807) is 18.2 Å². The molecule has 2 rings (SSSR count). The van der Waals surface area contributed by atoms with Crippen molar-refractivity contribution in [2.45, 2.75) is 33.6 Å². The summed E-state index contributed by atoms with van der Waals surface area (Å²) in [6.07, 6.45) is 1.96. The minimum atomic E-state index is -0.602. The van der Waals surface area contributed by atoms with Gasteiger partial charge in [-0.05, 0) is 55.7 Å². The second-order valence-corrected chi connectivity index (χ2v) is 6.51. The van der Waals surface area contributed by atoms with Gasteiger partial charge in [0.2, 0.25) is 0 Å². The molecule has 6 heteroatoms. The molecule has 0 aliphatic heterocycles. The molecule has 0 saturated carbocycles. The van der Waals surface area contributed by atoms with Crippen LogP contribution in [-0.2, 0) is 9.53 Å². The number of anilines is 1. The zero-order valence-electron chi connectivity index (χ0n) is 16.8. The summed E-state index contributed by atoms with van der Waals surface area (Å²) < 4.78 is 16.1. The minimum absolute atomic E-state index is 0.291. The van der Waals surface area contributed by atoms with E-state index in [4.69, 9.17) is 14.2 Å². The highest BCUT2D eigenvalue weighted by Gasteiger charge is 2.14. The number of nitrogens with one attached hydrogen (secondary N) is 1. The van der Waals surface area contributed by atoms with E-state index in [1.807, 2.05) is 32.0 Å². The molecule has 1 amide bonds. The molecule has 0 radical (unpaired) electrons. The smallest absolute Gasteiger partial charge is 0.338 e. The third kappa shape index (κ3) is 6.01. The number of unbranched alkanes of at least 4 members (excludes halogenated alkanes) is 1. The van der Waals surface area contributed by atoms with Gasteiger partial charge in [-0.3, -0.25) is 4.79 Å². The maximum absolute atomic E-state index is 12.3. The Balaban J connectivity index is 1.94. The van der Waals surface area contributed by atoms with Crippen molar-refractivity contribution < 1.29 is 23.8 Å². The molecule has 0 aromatic heterocycles. The van der Waals surface area contributed by atoms with Crippen LogP contribution < -0.4 is 14.8 Å². The van der Waals surface area contributed by atoms with E-state index in [0.717, 1.165) is 24.0 Å². The van der Waals surface area contributed by atoms with Crippen molar-refractivity contribution in [2.75, 3.05) is 25.6 Å². The van der Waals surface area contributed by atoms with Gasteiger partial charge < -0.3 is 19.5 Å². The first-order chi connectivity index (χ1) is 13.4. The monoisotopic (exact) mass is 385 g/mol. The zero-order valence-corrected chi connectivity index (χ0v) is 16.8. The number of hydrogen-bond acceptors (Lipinski definition) is 5. The molecule has 0 atom stereocenters. The molecule has 2 aromatic rings. The maximum Gasteiger partial charge on any atom is 0.338 e. The summed E-state index contributed by atoms with van der Waals surface area (Å²) in [7, 11) is 1.51. The fraction of sp³-hybridized carbons (Fsp3) is 0.364. The van der Waals surface area contributed by atoms with Crippen molar-refractivity contribution in [1.29, 1.82) is 0 Å². The number of carbonyl (C=O) groups excluding carboxylic acids is 2. The van der Waals surface area contributed by atoms with Crippen LogP contribution in [-0.4, -0.2) is 32.2 Å². The summed E-state index contributed by atoms with van der Waals surface area (Å²) in [6, 6.07) is 10.6. The van der Waals surface area contributed by atoms with E-state index < -0.39 is 11.9 Å². The Hall–Kier alpha value is -3.02. The van der Waals surface area contributed by atoms with Gasteiger partial charge in [-0.25, -0.2) is 4.79 Å². The van der Waals surface area contributed by atoms with Crippen molar-refractivity contribution in [1.82, 2.24) is 0 Å². The van der Waals surface area contributed by atoms with Crippen LogP contribution in [0.25, 0.3) is 0 Å². The fourth-order valence-corrected chi connectivity index (χ4v) is 2.51. The fourth-order valence-electron chi connectivity index (χ4n) is 2.51. The molecule has 0 heterocycles. The first-order valence-corrected chi connectivity index (χ1v) is 9.29. The summed E-state index contributed by atoms with van der Waals surface area (Å²) in [4.78, 5) is 24.4. The van der Waals surface area contributed by atoms with Crippen molar-refractivity contribution >= 4 is 17.6 Å². The number of aryl methyl sites for hydroxylation is 2. The quantitative estimate of drug-likeness (QED) is 0.515. The van der Waals surface area contributed by atoms with E-state index in [0.29, 0.717) is 29.4 Å². The molecule has 0 saturated heterocycles. The number of carbonyl (C=O) groups is 2. The second-order valence-electron chi connectivity index (χ2n) is 6.51. The van der Waals surface area contributed by atoms with Gasteiger partial charge in [0, 0.05) is 5.69 Å². The van der Waals surface area contributed by atoms with Crippen LogP contribution in [0.15, 0.2) is 36.4 Å². The van der Waals surface area contributed by atoms with Crippen LogP contribution in [0.1, 0.15) is 41.3 Å². The van der Waals surface area contributed by atoms with Crippen LogP contribution in [0, 0.1) is 13.8 Å². The predicted molar refractivity (Wildman–Crippen MR) is 108 cm³/mol. The van der Waals surface area contributed by atoms with Crippen molar-refractivity contribution in [3.8, 4) is 11.5 Å². The van der Waals surface area contributed by atoms with Crippen molar-refractivity contribution in [3.63, 3.8) is 0 Å². The highest BCUT2D eigenvalue weighted by molar-refractivity contribution is 5.96. The summed E-state index contributed by atoms with van der Waals surface area (Å²) >= 11 is 0. The summed E-state index contributed by atoms with van der Waals surface area (Å²) in [5, 5.41) is 2.76. The van der Waals surface area contributed by atoms with E-state index in [-0.39, 0.29) is 6.61 Å². The van der Waals surface area contributed by atoms with Crippen LogP contribution >= 0.6 is 0 Å². The molecule has 0 fully saturated rings. The van der Waals surface area contributed by atoms with Gasteiger partial charge in [-0.2, -0.15) is 0 Å². The molecular weight excluding hydrogens is 358 g/mol. The second kappa shape index (κ2) is 10.3. The number of benzene rings is 2. The van der Waals surface area contributed by atoms with Gasteiger partial charge in [0.25, 0.3) is 5.91 Å². The lowest BCUT2D eigenvalue weighted by Gasteiger charge is -2.12. The molecule has 0 aliphatic rings. The number of ether oxygens (including phenoxy) is 3. The topological polar surface area (TPSA) is 73.9 Å². The van der Waals surface area contributed by atoms with Crippen molar-refractivity contribution in [2.24, 2.45) is 0 Å². The van der Waals surface area contributed by atoms with Gasteiger partial charge in [0.05, 0.1) is 19.3 Å². The number of hydrogen-bond donors (Lipinski definition) is 1. The molecule has 2 aromatic carbocycles. The van der Waals surface area contributed by atoms with Crippen LogP contribution in [0.4, 0.5) is 5.69 Å². The normalized spacial score (nSPS) is 10.3. The molecule has 0 aliphatic carbocycles. The van der Waals surface area contributed by atoms with Gasteiger partial charge in [0.1, 0.15) is 0 Å². The number of esters is 1. The van der Waals surface area contributed by atoms with E-state index in [1.165, 1.54) is 7.11 Å². The minimum Gasteiger partial charge on any atom is -0.493 e. The zero-order chi connectivity index (χ0) is 20.5. The van der Waals surface area contributed by atoms with Gasteiger partial charge in [-0.15, -0.1) is 0 Å². The Morgan fingerprint density at radius 1 is 1.04 bits per heavy atom. The first kappa shape index (κ1) is 21.3. The van der Waals surface area contributed by atoms with E-state index >= 15 is 0 Å². The highest BCUT2D eigenvalue weighted by atomic mass is 16.5. The lowest BCUT2D eigenvalue weighted by atomic mass is 10.1. The average Bonchev–Trinajstić information content (AvgIpc) is 2.69. The Morgan fingerprint density at radius 3 is 2.54 bits per heavy atom. The first-order valence-electron chi connectivity index (χ1n) is 9.29. The average molecular weight is 385 g/mol. The Labute approximate surface area is 165 Å². The van der Waals surface area contributed by atoms with Gasteiger partial charge >= 0.3 is 5.97 Å². The summed E-state index contributed by atoms with van der Waals surface area (Å²) in [5.74, 6) is 0.0219. The molecule has 0 spiro atoms. The van der Waals surface area contributed by atoms with Crippen LogP contribution in [0.5, 0.6) is 11.5 Å². The Morgan fingerprint density at radius 2 is 1.82 bits per heavy atom. The number of methoxy groups -OCH3 is 1. The Kier molecular flexibility index (Phi) is 7.87. The molecule has 6 nitrogen and oxygen atoms in total. The molecule has 28 heavy (non-hydrogen) atoms. The number of rotatable bonds is 9. The van der Waals surface area contributed by atoms with E-state index in [2.05, 4.69) is 12.2 Å². The molecule has 0 unspecified atom stereocenters. The lowest BCUT2D eigenvalue weighted by Crippen LogP contribution is -2.21. The Bertz CT molecular complexity index is 832. The van der Waals surface area contributed by atoms with E-state index in [9.17, 15) is 9.59 Å². The van der Waals surface area contributed by atoms with Gasteiger partial charge in [-0.1, -0.05) is 25.5 Å². The van der Waals surface area contributed by atoms with Gasteiger partial charge in [0.15, 0.2) is 18.1 Å². The number of amides is 1. The summed E-state index contributed by atoms with van der Waals surface area (Å²) in [6.45, 7) is 6.13. The third-order valence-corrected chi connectivity index (χ3v) is 4.16. The molecular formula is C22H27NO5. The SMILES string of the molecule is CCCCOc1ccc(C(=O)OCC(=O)Nc2cc(C)ccc2C)cc1OC. The third-order valence-electron chi connectivity index (χ3n) is 4.16. The van der Waals surface area contributed by atoms with Crippen molar-refractivity contribution in [3.05, 3.63) is 53.1 Å². The molecule has 1 N–H and O–H groups in total. The van der Waals surface area contributed by atoms with Crippen LogP contribution in [0.2, 0.25) is 0 Å². The summed E-state index contributed by atoms with van der Waals surface area (Å²) in [5.41, 5.74) is 2.97.